The second-order valence-corrected chi connectivity index (χ2v) is 4.88. The van der Waals surface area contributed by atoms with Crippen LogP contribution in [-0.2, 0) is 0 Å². The van der Waals surface area contributed by atoms with Crippen molar-refractivity contribution in [3.63, 3.8) is 0 Å². The summed E-state index contributed by atoms with van der Waals surface area (Å²) in [7, 11) is 0. The van der Waals surface area contributed by atoms with Gasteiger partial charge in [-0.25, -0.2) is 0 Å². The van der Waals surface area contributed by atoms with Crippen molar-refractivity contribution in [3.8, 4) is 0 Å². The summed E-state index contributed by atoms with van der Waals surface area (Å²) in [4.78, 5) is 0. The van der Waals surface area contributed by atoms with Crippen LogP contribution in [-0.4, -0.2) is 5.54 Å². The van der Waals surface area contributed by atoms with Crippen molar-refractivity contribution in [2.75, 3.05) is 0 Å². The standard InChI is InChI=1S/C11H23N/c1-4-5-9(2)8-11(3,12)10-6-7-10/h9-10H,4-8,12H2,1-3H3. The highest BCUT2D eigenvalue weighted by molar-refractivity contribution is 4.95. The molecular formula is C11H23N. The lowest BCUT2D eigenvalue weighted by Gasteiger charge is -2.27. The Morgan fingerprint density at radius 1 is 1.50 bits per heavy atom. The molecule has 1 saturated carbocycles. The molecular weight excluding hydrogens is 146 g/mol. The lowest BCUT2D eigenvalue weighted by molar-refractivity contribution is 0.305. The number of hydrogen-bond donors (Lipinski definition) is 1. The summed E-state index contributed by atoms with van der Waals surface area (Å²) in [6.45, 7) is 6.81. The van der Waals surface area contributed by atoms with Gasteiger partial charge in [-0.1, -0.05) is 26.7 Å². The van der Waals surface area contributed by atoms with Crippen LogP contribution in [0.3, 0.4) is 0 Å². The zero-order valence-electron chi connectivity index (χ0n) is 8.77. The van der Waals surface area contributed by atoms with E-state index in [1.807, 2.05) is 0 Å². The average molecular weight is 169 g/mol. The second-order valence-electron chi connectivity index (χ2n) is 4.88. The predicted octanol–water partition coefficient (Wildman–Crippen LogP) is 2.94. The van der Waals surface area contributed by atoms with Crippen LogP contribution in [0.1, 0.15) is 52.9 Å². The van der Waals surface area contributed by atoms with E-state index in [1.54, 1.807) is 0 Å². The molecule has 2 N–H and O–H groups in total. The van der Waals surface area contributed by atoms with Gasteiger partial charge in [0.15, 0.2) is 0 Å². The Labute approximate surface area is 76.7 Å². The topological polar surface area (TPSA) is 26.0 Å². The molecule has 0 heterocycles. The zero-order valence-corrected chi connectivity index (χ0v) is 8.77. The fraction of sp³-hybridized carbons (Fsp3) is 1.00. The molecule has 2 atom stereocenters. The molecule has 12 heavy (non-hydrogen) atoms. The quantitative estimate of drug-likeness (QED) is 0.673. The number of rotatable bonds is 5. The van der Waals surface area contributed by atoms with Gasteiger partial charge in [-0.05, 0) is 38.0 Å². The Kier molecular flexibility index (Phi) is 3.16. The van der Waals surface area contributed by atoms with Gasteiger partial charge in [0, 0.05) is 5.54 Å². The van der Waals surface area contributed by atoms with E-state index in [-0.39, 0.29) is 5.54 Å². The molecule has 1 aliphatic carbocycles. The highest BCUT2D eigenvalue weighted by Crippen LogP contribution is 2.41. The maximum atomic E-state index is 6.25. The predicted molar refractivity (Wildman–Crippen MR) is 54.0 cm³/mol. The molecule has 2 unspecified atom stereocenters. The molecule has 0 aromatic carbocycles. The van der Waals surface area contributed by atoms with E-state index in [0.29, 0.717) is 0 Å². The second kappa shape index (κ2) is 3.78. The minimum Gasteiger partial charge on any atom is -0.325 e. The minimum absolute atomic E-state index is 0.134. The first-order valence-electron chi connectivity index (χ1n) is 5.35. The van der Waals surface area contributed by atoms with Crippen molar-refractivity contribution in [1.29, 1.82) is 0 Å². The van der Waals surface area contributed by atoms with E-state index in [0.717, 1.165) is 11.8 Å². The minimum atomic E-state index is 0.134. The van der Waals surface area contributed by atoms with Crippen molar-refractivity contribution in [3.05, 3.63) is 0 Å². The monoisotopic (exact) mass is 169 g/mol. The van der Waals surface area contributed by atoms with Crippen LogP contribution in [0.4, 0.5) is 0 Å². The third kappa shape index (κ3) is 2.78. The number of nitrogens with two attached hydrogens (primary N) is 1. The van der Waals surface area contributed by atoms with Crippen LogP contribution in [0.2, 0.25) is 0 Å². The van der Waals surface area contributed by atoms with Gasteiger partial charge in [0.2, 0.25) is 0 Å². The lowest BCUT2D eigenvalue weighted by atomic mass is 9.85. The molecule has 0 aromatic heterocycles. The summed E-state index contributed by atoms with van der Waals surface area (Å²) >= 11 is 0. The molecule has 1 aliphatic rings. The first kappa shape index (κ1) is 10.0. The third-order valence-electron chi connectivity index (χ3n) is 3.08. The van der Waals surface area contributed by atoms with Gasteiger partial charge in [0.25, 0.3) is 0 Å². The lowest BCUT2D eigenvalue weighted by Crippen LogP contribution is -2.40. The summed E-state index contributed by atoms with van der Waals surface area (Å²) in [5, 5.41) is 0. The normalized spacial score (nSPS) is 25.0. The van der Waals surface area contributed by atoms with E-state index in [4.69, 9.17) is 5.73 Å². The van der Waals surface area contributed by atoms with E-state index < -0.39 is 0 Å². The Morgan fingerprint density at radius 3 is 2.50 bits per heavy atom. The van der Waals surface area contributed by atoms with E-state index in [9.17, 15) is 0 Å². The summed E-state index contributed by atoms with van der Waals surface area (Å²) in [5.74, 6) is 1.64. The van der Waals surface area contributed by atoms with Crippen LogP contribution in [0.15, 0.2) is 0 Å². The molecule has 0 aromatic rings. The molecule has 0 amide bonds. The number of hydrogen-bond acceptors (Lipinski definition) is 1. The Bertz CT molecular complexity index is 136. The van der Waals surface area contributed by atoms with Crippen LogP contribution in [0, 0.1) is 11.8 Å². The Balaban J connectivity index is 2.27. The molecule has 72 valence electrons. The van der Waals surface area contributed by atoms with Crippen molar-refractivity contribution >= 4 is 0 Å². The van der Waals surface area contributed by atoms with Crippen molar-refractivity contribution in [2.45, 2.75) is 58.4 Å². The molecule has 1 fully saturated rings. The van der Waals surface area contributed by atoms with Crippen molar-refractivity contribution in [1.82, 2.24) is 0 Å². The van der Waals surface area contributed by atoms with Crippen LogP contribution < -0.4 is 5.73 Å². The molecule has 0 radical (unpaired) electrons. The average Bonchev–Trinajstić information content (AvgIpc) is 2.65. The summed E-state index contributed by atoms with van der Waals surface area (Å²) in [5.41, 5.74) is 6.39. The van der Waals surface area contributed by atoms with E-state index in [1.165, 1.54) is 32.1 Å². The summed E-state index contributed by atoms with van der Waals surface area (Å²) in [6, 6.07) is 0. The highest BCUT2D eigenvalue weighted by atomic mass is 14.8. The third-order valence-corrected chi connectivity index (χ3v) is 3.08. The van der Waals surface area contributed by atoms with Gasteiger partial charge in [-0.15, -0.1) is 0 Å². The fourth-order valence-electron chi connectivity index (χ4n) is 2.26. The van der Waals surface area contributed by atoms with Crippen molar-refractivity contribution < 1.29 is 0 Å². The molecule has 0 spiro atoms. The van der Waals surface area contributed by atoms with E-state index >= 15 is 0 Å². The zero-order chi connectivity index (χ0) is 9.19. The summed E-state index contributed by atoms with van der Waals surface area (Å²) < 4.78 is 0. The van der Waals surface area contributed by atoms with Gasteiger partial charge in [0.1, 0.15) is 0 Å². The van der Waals surface area contributed by atoms with Gasteiger partial charge in [-0.2, -0.15) is 0 Å². The highest BCUT2D eigenvalue weighted by Gasteiger charge is 2.38. The molecule has 0 bridgehead atoms. The molecule has 0 saturated heterocycles. The summed E-state index contributed by atoms with van der Waals surface area (Å²) in [6.07, 6.45) is 6.57. The molecule has 1 rings (SSSR count). The molecule has 0 aliphatic heterocycles. The molecule has 1 nitrogen and oxygen atoms in total. The van der Waals surface area contributed by atoms with Gasteiger partial charge in [0.05, 0.1) is 0 Å². The SMILES string of the molecule is CCCC(C)CC(C)(N)C1CC1. The fourth-order valence-corrected chi connectivity index (χ4v) is 2.26. The smallest absolute Gasteiger partial charge is 0.0156 e. The van der Waals surface area contributed by atoms with Gasteiger partial charge < -0.3 is 5.73 Å². The first-order chi connectivity index (χ1) is 5.56. The van der Waals surface area contributed by atoms with E-state index in [2.05, 4.69) is 20.8 Å². The van der Waals surface area contributed by atoms with Crippen LogP contribution in [0.5, 0.6) is 0 Å². The Hall–Kier alpha value is -0.0400. The van der Waals surface area contributed by atoms with Crippen LogP contribution >= 0.6 is 0 Å². The Morgan fingerprint density at radius 2 is 2.08 bits per heavy atom. The maximum Gasteiger partial charge on any atom is 0.0156 e. The molecule has 1 heteroatoms. The largest absolute Gasteiger partial charge is 0.325 e. The maximum absolute atomic E-state index is 6.25. The van der Waals surface area contributed by atoms with Crippen molar-refractivity contribution in [2.24, 2.45) is 17.6 Å². The van der Waals surface area contributed by atoms with Gasteiger partial charge in [-0.3, -0.25) is 0 Å². The van der Waals surface area contributed by atoms with Crippen LogP contribution in [0.25, 0.3) is 0 Å². The first-order valence-corrected chi connectivity index (χ1v) is 5.35. The van der Waals surface area contributed by atoms with Gasteiger partial charge >= 0.3 is 0 Å².